The minimum absolute atomic E-state index is 0.130. The number of halogens is 2. The number of carbonyl (C=O) groups is 1. The van der Waals surface area contributed by atoms with E-state index in [0.717, 1.165) is 34.1 Å². The number of hydrogen-bond donors (Lipinski definition) is 1. The number of nitrogens with one attached hydrogen (secondary N) is 1. The lowest BCUT2D eigenvalue weighted by molar-refractivity contribution is 0.0863. The Morgan fingerprint density at radius 2 is 1.93 bits per heavy atom. The van der Waals surface area contributed by atoms with Gasteiger partial charge in [0.1, 0.15) is 23.8 Å². The Morgan fingerprint density at radius 1 is 1.11 bits per heavy atom. The number of aromatic nitrogens is 1. The molecule has 1 aromatic heterocycles. The summed E-state index contributed by atoms with van der Waals surface area (Å²) in [5.41, 5.74) is 0.590. The molecule has 3 rings (SSSR count). The number of benzene rings is 2. The average molecular weight is 370 g/mol. The van der Waals surface area contributed by atoms with Crippen molar-refractivity contribution in [2.75, 3.05) is 5.32 Å². The zero-order chi connectivity index (χ0) is 19.4. The molecule has 0 saturated heterocycles. The van der Waals surface area contributed by atoms with E-state index in [1.54, 1.807) is 0 Å². The average Bonchev–Trinajstić information content (AvgIpc) is 2.64. The first kappa shape index (κ1) is 18.3. The molecular formula is C20H16F2N2O3. The van der Waals surface area contributed by atoms with Crippen molar-refractivity contribution in [3.05, 3.63) is 99.5 Å². The molecule has 138 valence electrons. The van der Waals surface area contributed by atoms with Crippen LogP contribution in [0, 0.1) is 18.6 Å². The Bertz CT molecular complexity index is 1050. The molecule has 3 aromatic rings. The van der Waals surface area contributed by atoms with Crippen molar-refractivity contribution in [1.82, 2.24) is 4.73 Å². The molecule has 1 amide bonds. The number of rotatable bonds is 5. The van der Waals surface area contributed by atoms with E-state index in [1.807, 2.05) is 31.2 Å². The Labute approximate surface area is 153 Å². The summed E-state index contributed by atoms with van der Waals surface area (Å²) in [6, 6.07) is 13.0. The van der Waals surface area contributed by atoms with Gasteiger partial charge in [-0.3, -0.25) is 9.59 Å². The van der Waals surface area contributed by atoms with E-state index < -0.39 is 23.1 Å². The van der Waals surface area contributed by atoms with Crippen LogP contribution in [0.1, 0.15) is 21.5 Å². The van der Waals surface area contributed by atoms with Gasteiger partial charge in [0.2, 0.25) is 0 Å². The second kappa shape index (κ2) is 7.82. The van der Waals surface area contributed by atoms with Crippen molar-refractivity contribution in [3.8, 4) is 0 Å². The molecule has 0 saturated carbocycles. The number of anilines is 1. The number of nitrogens with zero attached hydrogens (tertiary/aromatic N) is 1. The van der Waals surface area contributed by atoms with Gasteiger partial charge >= 0.3 is 0 Å². The Hall–Kier alpha value is -3.48. The van der Waals surface area contributed by atoms with Crippen LogP contribution in [0.25, 0.3) is 0 Å². The number of carbonyl (C=O) groups excluding carboxylic acids is 1. The van der Waals surface area contributed by atoms with Crippen LogP contribution < -0.4 is 15.7 Å². The predicted molar refractivity (Wildman–Crippen MR) is 96.5 cm³/mol. The summed E-state index contributed by atoms with van der Waals surface area (Å²) >= 11 is 0. The first-order chi connectivity index (χ1) is 12.9. The van der Waals surface area contributed by atoms with Crippen LogP contribution in [-0.4, -0.2) is 10.6 Å². The van der Waals surface area contributed by atoms with Crippen LogP contribution in [0.4, 0.5) is 14.5 Å². The fourth-order valence-electron chi connectivity index (χ4n) is 2.48. The number of pyridine rings is 1. The van der Waals surface area contributed by atoms with Crippen LogP contribution in [0.3, 0.4) is 0 Å². The van der Waals surface area contributed by atoms with Crippen molar-refractivity contribution in [2.24, 2.45) is 0 Å². The second-order valence-electron chi connectivity index (χ2n) is 5.89. The van der Waals surface area contributed by atoms with Crippen molar-refractivity contribution < 1.29 is 18.4 Å². The van der Waals surface area contributed by atoms with Crippen LogP contribution >= 0.6 is 0 Å². The molecule has 2 aromatic carbocycles. The van der Waals surface area contributed by atoms with Crippen molar-refractivity contribution >= 4 is 11.6 Å². The van der Waals surface area contributed by atoms with Gasteiger partial charge in [-0.2, -0.15) is 4.73 Å². The summed E-state index contributed by atoms with van der Waals surface area (Å²) < 4.78 is 27.8. The van der Waals surface area contributed by atoms with Gasteiger partial charge in [-0.25, -0.2) is 8.78 Å². The standard InChI is InChI=1S/C20H16F2N2O3/c1-13-4-2-5-14(10-13)12-27-24-9-3-6-16(20(24)26)19(25)23-18-11-15(21)7-8-17(18)22/h2-11H,12H2,1H3,(H,23,25). The van der Waals surface area contributed by atoms with E-state index in [1.165, 1.54) is 18.3 Å². The third-order valence-electron chi connectivity index (χ3n) is 3.79. The maximum atomic E-state index is 13.7. The highest BCUT2D eigenvalue weighted by molar-refractivity contribution is 6.04. The largest absolute Gasteiger partial charge is 0.406 e. The van der Waals surface area contributed by atoms with Crippen LogP contribution in [0.2, 0.25) is 0 Å². The fourth-order valence-corrected chi connectivity index (χ4v) is 2.48. The van der Waals surface area contributed by atoms with Gasteiger partial charge in [-0.05, 0) is 36.8 Å². The lowest BCUT2D eigenvalue weighted by Gasteiger charge is -2.11. The van der Waals surface area contributed by atoms with Gasteiger partial charge in [-0.15, -0.1) is 0 Å². The third kappa shape index (κ3) is 4.38. The lowest BCUT2D eigenvalue weighted by atomic mass is 10.1. The predicted octanol–water partition coefficient (Wildman–Crippen LogP) is 3.32. The lowest BCUT2D eigenvalue weighted by Crippen LogP contribution is -2.32. The highest BCUT2D eigenvalue weighted by Gasteiger charge is 2.15. The van der Waals surface area contributed by atoms with Gasteiger partial charge < -0.3 is 10.2 Å². The van der Waals surface area contributed by atoms with Crippen LogP contribution in [0.15, 0.2) is 65.6 Å². The molecule has 1 heterocycles. The topological polar surface area (TPSA) is 60.3 Å². The second-order valence-corrected chi connectivity index (χ2v) is 5.89. The van der Waals surface area contributed by atoms with E-state index in [9.17, 15) is 18.4 Å². The van der Waals surface area contributed by atoms with E-state index in [4.69, 9.17) is 4.84 Å². The summed E-state index contributed by atoms with van der Waals surface area (Å²) in [6.07, 6.45) is 1.37. The van der Waals surface area contributed by atoms with Gasteiger partial charge in [0.15, 0.2) is 0 Å². The minimum Gasteiger partial charge on any atom is -0.406 e. The van der Waals surface area contributed by atoms with Crippen molar-refractivity contribution in [1.29, 1.82) is 0 Å². The minimum atomic E-state index is -0.863. The molecule has 7 heteroatoms. The Morgan fingerprint density at radius 3 is 2.70 bits per heavy atom. The molecule has 0 aliphatic rings. The fraction of sp³-hybridized carbons (Fsp3) is 0.100. The number of hydrogen-bond acceptors (Lipinski definition) is 3. The van der Waals surface area contributed by atoms with Crippen molar-refractivity contribution in [2.45, 2.75) is 13.5 Å². The smallest absolute Gasteiger partial charge is 0.295 e. The molecular weight excluding hydrogens is 354 g/mol. The summed E-state index contributed by atoms with van der Waals surface area (Å²) in [6.45, 7) is 2.07. The highest BCUT2D eigenvalue weighted by atomic mass is 19.1. The van der Waals surface area contributed by atoms with Crippen LogP contribution in [0.5, 0.6) is 0 Å². The molecule has 27 heavy (non-hydrogen) atoms. The molecule has 0 radical (unpaired) electrons. The molecule has 5 nitrogen and oxygen atoms in total. The van der Waals surface area contributed by atoms with Gasteiger partial charge in [0, 0.05) is 12.3 Å². The molecule has 0 aliphatic carbocycles. The third-order valence-corrected chi connectivity index (χ3v) is 3.79. The first-order valence-corrected chi connectivity index (χ1v) is 8.11. The SMILES string of the molecule is Cc1cccc(COn2cccc(C(=O)Nc3cc(F)ccc3F)c2=O)c1. The van der Waals surface area contributed by atoms with E-state index in [0.29, 0.717) is 0 Å². The Kier molecular flexibility index (Phi) is 5.30. The maximum Gasteiger partial charge on any atom is 0.295 e. The zero-order valence-corrected chi connectivity index (χ0v) is 14.4. The summed E-state index contributed by atoms with van der Waals surface area (Å²) in [5, 5.41) is 2.19. The summed E-state index contributed by atoms with van der Waals surface area (Å²) in [7, 11) is 0. The highest BCUT2D eigenvalue weighted by Crippen LogP contribution is 2.15. The zero-order valence-electron chi connectivity index (χ0n) is 14.4. The molecule has 0 aliphatic heterocycles. The number of aryl methyl sites for hydroxylation is 1. The molecule has 1 N–H and O–H groups in total. The summed E-state index contributed by atoms with van der Waals surface area (Å²) in [5.74, 6) is -2.38. The summed E-state index contributed by atoms with van der Waals surface area (Å²) in [4.78, 5) is 30.2. The number of amides is 1. The van der Waals surface area contributed by atoms with E-state index in [2.05, 4.69) is 5.32 Å². The molecule has 0 unspecified atom stereocenters. The molecule has 0 spiro atoms. The normalized spacial score (nSPS) is 10.5. The maximum absolute atomic E-state index is 13.7. The van der Waals surface area contributed by atoms with Crippen LogP contribution in [-0.2, 0) is 6.61 Å². The molecule has 0 fully saturated rings. The quantitative estimate of drug-likeness (QED) is 0.750. The monoisotopic (exact) mass is 370 g/mol. The van der Waals surface area contributed by atoms with Gasteiger partial charge in [0.25, 0.3) is 11.5 Å². The van der Waals surface area contributed by atoms with Crippen molar-refractivity contribution in [3.63, 3.8) is 0 Å². The first-order valence-electron chi connectivity index (χ1n) is 8.11. The van der Waals surface area contributed by atoms with E-state index in [-0.39, 0.29) is 17.9 Å². The Balaban J connectivity index is 1.78. The van der Waals surface area contributed by atoms with Gasteiger partial charge in [0.05, 0.1) is 5.69 Å². The molecule has 0 bridgehead atoms. The van der Waals surface area contributed by atoms with E-state index >= 15 is 0 Å². The van der Waals surface area contributed by atoms with Gasteiger partial charge in [-0.1, -0.05) is 29.8 Å². The molecule has 0 atom stereocenters.